The Morgan fingerprint density at radius 1 is 1.12 bits per heavy atom. The Morgan fingerprint density at radius 2 is 1.79 bits per heavy atom. The maximum Gasteiger partial charge on any atom is 0.311 e. The highest BCUT2D eigenvalue weighted by Gasteiger charge is 2.37. The molecule has 11 heteroatoms. The van der Waals surface area contributed by atoms with Crippen molar-refractivity contribution in [2.24, 2.45) is 5.92 Å². The number of anilines is 1. The fourth-order valence-electron chi connectivity index (χ4n) is 3.44. The molecule has 0 saturated carbocycles. The number of carbonyl (C=O) groups is 4. The van der Waals surface area contributed by atoms with Gasteiger partial charge in [0, 0.05) is 16.6 Å². The summed E-state index contributed by atoms with van der Waals surface area (Å²) in [5.74, 6) is -2.58. The van der Waals surface area contributed by atoms with Crippen LogP contribution in [0.25, 0.3) is 0 Å². The Bertz CT molecular complexity index is 1100. The summed E-state index contributed by atoms with van der Waals surface area (Å²) in [6, 6.07) is 10.2. The van der Waals surface area contributed by atoms with Gasteiger partial charge in [-0.2, -0.15) is 0 Å². The number of esters is 1. The summed E-state index contributed by atoms with van der Waals surface area (Å²) in [7, 11) is 2.82. The van der Waals surface area contributed by atoms with Crippen molar-refractivity contribution in [2.45, 2.75) is 13.3 Å². The number of methoxy groups -OCH3 is 2. The van der Waals surface area contributed by atoms with Crippen LogP contribution in [0.15, 0.2) is 40.9 Å². The van der Waals surface area contributed by atoms with Crippen LogP contribution in [0.1, 0.15) is 22.3 Å². The van der Waals surface area contributed by atoms with Crippen molar-refractivity contribution in [3.05, 3.63) is 52.0 Å². The lowest BCUT2D eigenvalue weighted by Crippen LogP contribution is -2.43. The van der Waals surface area contributed by atoms with Crippen molar-refractivity contribution in [1.82, 2.24) is 10.4 Å². The first-order valence-electron chi connectivity index (χ1n) is 10.3. The summed E-state index contributed by atoms with van der Waals surface area (Å²) in [5, 5.41) is 3.72. The van der Waals surface area contributed by atoms with E-state index in [1.54, 1.807) is 30.3 Å². The van der Waals surface area contributed by atoms with E-state index in [0.717, 1.165) is 15.0 Å². The van der Waals surface area contributed by atoms with E-state index in [0.29, 0.717) is 5.69 Å². The minimum absolute atomic E-state index is 0.0890. The third-order valence-corrected chi connectivity index (χ3v) is 5.65. The summed E-state index contributed by atoms with van der Waals surface area (Å²) < 4.78 is 16.4. The Kier molecular flexibility index (Phi) is 8.11. The molecule has 1 fully saturated rings. The van der Waals surface area contributed by atoms with E-state index in [2.05, 4.69) is 26.7 Å². The predicted octanol–water partition coefficient (Wildman–Crippen LogP) is 2.45. The number of halogens is 1. The molecule has 3 amide bonds. The average Bonchev–Trinajstić information content (AvgIpc) is 3.18. The van der Waals surface area contributed by atoms with E-state index in [-0.39, 0.29) is 30.0 Å². The number of ether oxygens (including phenoxy) is 3. The van der Waals surface area contributed by atoms with E-state index in [1.165, 1.54) is 14.2 Å². The minimum Gasteiger partial charge on any atom is -0.496 e. The number of hydrogen-bond donors (Lipinski definition) is 2. The standard InChI is InChI=1S/C23H24BrN3O7/c1-13-9-15(24)7-8-16(13)25-19(28)12-34-23(31)14-10-20(29)27(11-14)26-22(30)21-17(32-2)5-4-6-18(21)33-3/h4-9,14H,10-12H2,1-3H3,(H,25,28)(H,26,30)/t14-/m0/s1. The van der Waals surface area contributed by atoms with Gasteiger partial charge in [-0.15, -0.1) is 0 Å². The quantitative estimate of drug-likeness (QED) is 0.499. The molecule has 0 aliphatic carbocycles. The molecular weight excluding hydrogens is 510 g/mol. The van der Waals surface area contributed by atoms with E-state index in [9.17, 15) is 19.2 Å². The van der Waals surface area contributed by atoms with E-state index in [4.69, 9.17) is 14.2 Å². The summed E-state index contributed by atoms with van der Waals surface area (Å²) in [6.45, 7) is 1.25. The highest BCUT2D eigenvalue weighted by Crippen LogP contribution is 2.28. The number of amides is 3. The molecule has 34 heavy (non-hydrogen) atoms. The van der Waals surface area contributed by atoms with Gasteiger partial charge in [0.25, 0.3) is 11.8 Å². The largest absolute Gasteiger partial charge is 0.496 e. The van der Waals surface area contributed by atoms with E-state index < -0.39 is 36.2 Å². The molecule has 180 valence electrons. The zero-order valence-electron chi connectivity index (χ0n) is 18.8. The van der Waals surface area contributed by atoms with Gasteiger partial charge in [0.1, 0.15) is 17.1 Å². The van der Waals surface area contributed by atoms with Gasteiger partial charge in [0.15, 0.2) is 6.61 Å². The molecule has 2 aromatic rings. The van der Waals surface area contributed by atoms with Gasteiger partial charge in [-0.1, -0.05) is 22.0 Å². The lowest BCUT2D eigenvalue weighted by Gasteiger charge is -2.19. The number of benzene rings is 2. The zero-order valence-corrected chi connectivity index (χ0v) is 20.4. The lowest BCUT2D eigenvalue weighted by molar-refractivity contribution is -0.151. The van der Waals surface area contributed by atoms with Crippen molar-refractivity contribution >= 4 is 45.3 Å². The van der Waals surface area contributed by atoms with E-state index in [1.807, 2.05) is 13.0 Å². The van der Waals surface area contributed by atoms with Gasteiger partial charge in [-0.3, -0.25) is 29.6 Å². The minimum atomic E-state index is -0.824. The maximum atomic E-state index is 12.8. The van der Waals surface area contributed by atoms with Crippen LogP contribution in [0.3, 0.4) is 0 Å². The molecule has 1 aliphatic heterocycles. The number of carbonyl (C=O) groups excluding carboxylic acids is 4. The average molecular weight is 534 g/mol. The molecule has 1 aliphatic rings. The van der Waals surface area contributed by atoms with Crippen LogP contribution in [0.5, 0.6) is 11.5 Å². The molecule has 2 N–H and O–H groups in total. The van der Waals surface area contributed by atoms with Crippen molar-refractivity contribution < 1.29 is 33.4 Å². The van der Waals surface area contributed by atoms with Crippen molar-refractivity contribution in [1.29, 1.82) is 0 Å². The monoisotopic (exact) mass is 533 g/mol. The van der Waals surface area contributed by atoms with Crippen LogP contribution in [0.2, 0.25) is 0 Å². The van der Waals surface area contributed by atoms with Gasteiger partial charge in [-0.05, 0) is 42.8 Å². The number of nitrogens with zero attached hydrogens (tertiary/aromatic N) is 1. The second kappa shape index (κ2) is 11.0. The summed E-state index contributed by atoms with van der Waals surface area (Å²) in [5.41, 5.74) is 4.04. The fraction of sp³-hybridized carbons (Fsp3) is 0.304. The number of aryl methyl sites for hydroxylation is 1. The Hall–Kier alpha value is -3.60. The number of nitrogens with one attached hydrogen (secondary N) is 2. The Balaban J connectivity index is 1.55. The summed E-state index contributed by atoms with van der Waals surface area (Å²) in [4.78, 5) is 49.7. The van der Waals surface area contributed by atoms with Crippen LogP contribution in [-0.4, -0.2) is 56.1 Å². The Morgan fingerprint density at radius 3 is 2.41 bits per heavy atom. The maximum absolute atomic E-state index is 12.8. The number of hydrogen-bond acceptors (Lipinski definition) is 7. The van der Waals surface area contributed by atoms with Crippen LogP contribution in [0, 0.1) is 12.8 Å². The third kappa shape index (κ3) is 5.84. The van der Waals surface area contributed by atoms with Gasteiger partial charge in [-0.25, -0.2) is 0 Å². The first-order valence-corrected chi connectivity index (χ1v) is 11.1. The molecule has 0 unspecified atom stereocenters. The molecule has 2 aromatic carbocycles. The van der Waals surface area contributed by atoms with Gasteiger partial charge in [0.2, 0.25) is 5.91 Å². The molecule has 0 aromatic heterocycles. The first-order chi connectivity index (χ1) is 16.2. The third-order valence-electron chi connectivity index (χ3n) is 5.16. The van der Waals surface area contributed by atoms with Crippen LogP contribution >= 0.6 is 15.9 Å². The molecule has 0 spiro atoms. The molecule has 1 atom stereocenters. The van der Waals surface area contributed by atoms with Crippen molar-refractivity contribution in [3.63, 3.8) is 0 Å². The van der Waals surface area contributed by atoms with Crippen LogP contribution < -0.4 is 20.2 Å². The highest BCUT2D eigenvalue weighted by molar-refractivity contribution is 9.10. The first kappa shape index (κ1) is 25.0. The molecule has 1 saturated heterocycles. The van der Waals surface area contributed by atoms with E-state index >= 15 is 0 Å². The molecule has 3 rings (SSSR count). The predicted molar refractivity (Wildman–Crippen MR) is 125 cm³/mol. The lowest BCUT2D eigenvalue weighted by atomic mass is 10.1. The summed E-state index contributed by atoms with van der Waals surface area (Å²) in [6.07, 6.45) is -0.157. The van der Waals surface area contributed by atoms with Crippen molar-refractivity contribution in [3.8, 4) is 11.5 Å². The van der Waals surface area contributed by atoms with Gasteiger partial charge < -0.3 is 19.5 Å². The molecule has 0 radical (unpaired) electrons. The molecule has 10 nitrogen and oxygen atoms in total. The second-order valence-electron chi connectivity index (χ2n) is 7.50. The van der Waals surface area contributed by atoms with Gasteiger partial charge >= 0.3 is 5.97 Å². The molecule has 0 bridgehead atoms. The van der Waals surface area contributed by atoms with Crippen LogP contribution in [-0.2, 0) is 19.1 Å². The molecular formula is C23H24BrN3O7. The second-order valence-corrected chi connectivity index (χ2v) is 8.41. The summed E-state index contributed by atoms with van der Waals surface area (Å²) >= 11 is 3.35. The SMILES string of the molecule is COc1cccc(OC)c1C(=O)NN1C[C@@H](C(=O)OCC(=O)Nc2ccc(Br)cc2C)CC1=O. The normalized spacial score (nSPS) is 15.0. The van der Waals surface area contributed by atoms with Gasteiger partial charge in [0.05, 0.1) is 26.7 Å². The topological polar surface area (TPSA) is 123 Å². The molecule has 1 heterocycles. The van der Waals surface area contributed by atoms with Crippen molar-refractivity contribution in [2.75, 3.05) is 32.7 Å². The smallest absolute Gasteiger partial charge is 0.311 e. The Labute approximate surface area is 204 Å². The zero-order chi connectivity index (χ0) is 24.8. The highest BCUT2D eigenvalue weighted by atomic mass is 79.9. The van der Waals surface area contributed by atoms with Crippen LogP contribution in [0.4, 0.5) is 5.69 Å². The fourth-order valence-corrected chi connectivity index (χ4v) is 3.91. The number of hydrazine groups is 1. The number of rotatable bonds is 8.